The molecule has 1 amide bonds. The van der Waals surface area contributed by atoms with Crippen LogP contribution >= 0.6 is 15.9 Å². The lowest BCUT2D eigenvalue weighted by molar-refractivity contribution is 0.0740. The third-order valence-electron chi connectivity index (χ3n) is 3.27. The summed E-state index contributed by atoms with van der Waals surface area (Å²) in [6.45, 7) is 3.38. The van der Waals surface area contributed by atoms with Crippen molar-refractivity contribution in [2.24, 2.45) is 5.73 Å². The molecule has 1 unspecified atom stereocenters. The van der Waals surface area contributed by atoms with E-state index in [9.17, 15) is 4.79 Å². The molecule has 0 spiro atoms. The highest BCUT2D eigenvalue weighted by Crippen LogP contribution is 2.24. The molecule has 1 fully saturated rings. The highest BCUT2D eigenvalue weighted by atomic mass is 79.9. The van der Waals surface area contributed by atoms with Crippen LogP contribution in [0.4, 0.5) is 0 Å². The van der Waals surface area contributed by atoms with E-state index in [0.717, 1.165) is 35.0 Å². The Bertz CT molecular complexity index is 433. The molecule has 1 aliphatic heterocycles. The summed E-state index contributed by atoms with van der Waals surface area (Å²) in [5.74, 6) is 0.0878. The minimum atomic E-state index is 0.0878. The Labute approximate surface area is 110 Å². The highest BCUT2D eigenvalue weighted by Gasteiger charge is 2.29. The number of carbonyl (C=O) groups excluding carboxylic acids is 1. The molecule has 0 saturated carbocycles. The van der Waals surface area contributed by atoms with Gasteiger partial charge < -0.3 is 10.6 Å². The van der Waals surface area contributed by atoms with Gasteiger partial charge in [0.05, 0.1) is 5.56 Å². The summed E-state index contributed by atoms with van der Waals surface area (Å²) in [7, 11) is 0. The Morgan fingerprint density at radius 2 is 2.35 bits per heavy atom. The van der Waals surface area contributed by atoms with Crippen LogP contribution in [0.1, 0.15) is 28.8 Å². The molecule has 0 bridgehead atoms. The van der Waals surface area contributed by atoms with Crippen LogP contribution in [-0.2, 0) is 0 Å². The second-order valence-electron chi connectivity index (χ2n) is 4.51. The van der Waals surface area contributed by atoms with Crippen LogP contribution in [0.25, 0.3) is 0 Å². The van der Waals surface area contributed by atoms with Crippen LogP contribution in [0.15, 0.2) is 22.7 Å². The normalized spacial score (nSPS) is 19.7. The lowest BCUT2D eigenvalue weighted by Gasteiger charge is -2.24. The maximum absolute atomic E-state index is 12.4. The van der Waals surface area contributed by atoms with Gasteiger partial charge in [-0.05, 0) is 53.4 Å². The van der Waals surface area contributed by atoms with Crippen molar-refractivity contribution in [2.75, 3.05) is 13.1 Å². The van der Waals surface area contributed by atoms with Gasteiger partial charge in [0.1, 0.15) is 0 Å². The molecule has 1 aliphatic rings. The molecule has 1 aromatic carbocycles. The van der Waals surface area contributed by atoms with Crippen LogP contribution in [0.5, 0.6) is 0 Å². The number of hydrogen-bond donors (Lipinski definition) is 1. The first-order chi connectivity index (χ1) is 8.13. The molecular formula is C13H17BrN2O. The summed E-state index contributed by atoms with van der Waals surface area (Å²) in [6, 6.07) is 6.02. The minimum Gasteiger partial charge on any atom is -0.334 e. The van der Waals surface area contributed by atoms with Crippen molar-refractivity contribution >= 4 is 21.8 Å². The van der Waals surface area contributed by atoms with E-state index in [1.165, 1.54) is 0 Å². The third-order valence-corrected chi connectivity index (χ3v) is 3.92. The molecule has 1 atom stereocenters. The van der Waals surface area contributed by atoms with E-state index in [1.54, 1.807) is 0 Å². The number of amides is 1. The van der Waals surface area contributed by atoms with Gasteiger partial charge >= 0.3 is 0 Å². The first-order valence-electron chi connectivity index (χ1n) is 5.90. The average Bonchev–Trinajstić information content (AvgIpc) is 2.76. The molecule has 2 N–H and O–H groups in total. The minimum absolute atomic E-state index is 0.0878. The summed E-state index contributed by atoms with van der Waals surface area (Å²) < 4.78 is 0.866. The van der Waals surface area contributed by atoms with Gasteiger partial charge in [0.15, 0.2) is 0 Å². The molecule has 2 rings (SSSR count). The standard InChI is InChI=1S/C13H17BrN2O/c1-9-4-5-11(12(14)7-9)13(17)16-6-2-3-10(16)8-15/h4-5,7,10H,2-3,6,8,15H2,1H3. The number of aryl methyl sites for hydroxylation is 1. The molecular weight excluding hydrogens is 280 g/mol. The second kappa shape index (κ2) is 5.19. The van der Waals surface area contributed by atoms with E-state index in [-0.39, 0.29) is 11.9 Å². The van der Waals surface area contributed by atoms with Crippen LogP contribution in [0, 0.1) is 6.92 Å². The van der Waals surface area contributed by atoms with E-state index < -0.39 is 0 Å². The van der Waals surface area contributed by atoms with Gasteiger partial charge in [-0.2, -0.15) is 0 Å². The topological polar surface area (TPSA) is 46.3 Å². The maximum Gasteiger partial charge on any atom is 0.255 e. The fraction of sp³-hybridized carbons (Fsp3) is 0.462. The number of carbonyl (C=O) groups is 1. The fourth-order valence-electron chi connectivity index (χ4n) is 2.30. The van der Waals surface area contributed by atoms with Gasteiger partial charge in [0.25, 0.3) is 5.91 Å². The van der Waals surface area contributed by atoms with Crippen LogP contribution < -0.4 is 5.73 Å². The summed E-state index contributed by atoms with van der Waals surface area (Å²) in [4.78, 5) is 14.3. The quantitative estimate of drug-likeness (QED) is 0.910. The first kappa shape index (κ1) is 12.6. The molecule has 1 heterocycles. The smallest absolute Gasteiger partial charge is 0.255 e. The van der Waals surface area contributed by atoms with Crippen molar-refractivity contribution in [3.8, 4) is 0 Å². The molecule has 4 heteroatoms. The van der Waals surface area contributed by atoms with Crippen molar-refractivity contribution in [3.63, 3.8) is 0 Å². The van der Waals surface area contributed by atoms with Crippen molar-refractivity contribution in [3.05, 3.63) is 33.8 Å². The lowest BCUT2D eigenvalue weighted by Crippen LogP contribution is -2.40. The number of hydrogen-bond acceptors (Lipinski definition) is 2. The predicted molar refractivity (Wildman–Crippen MR) is 72.0 cm³/mol. The fourth-order valence-corrected chi connectivity index (χ4v) is 2.96. The summed E-state index contributed by atoms with van der Waals surface area (Å²) in [5, 5.41) is 0. The maximum atomic E-state index is 12.4. The largest absolute Gasteiger partial charge is 0.334 e. The van der Waals surface area contributed by atoms with Crippen molar-refractivity contribution in [2.45, 2.75) is 25.8 Å². The Morgan fingerprint density at radius 3 is 3.00 bits per heavy atom. The predicted octanol–water partition coefficient (Wildman–Crippen LogP) is 2.32. The monoisotopic (exact) mass is 296 g/mol. The number of nitrogens with zero attached hydrogens (tertiary/aromatic N) is 1. The van der Waals surface area contributed by atoms with Crippen molar-refractivity contribution in [1.82, 2.24) is 4.90 Å². The van der Waals surface area contributed by atoms with E-state index in [4.69, 9.17) is 5.73 Å². The molecule has 0 aromatic heterocycles. The van der Waals surface area contributed by atoms with Crippen molar-refractivity contribution in [1.29, 1.82) is 0 Å². The van der Waals surface area contributed by atoms with Crippen LogP contribution in [0.2, 0.25) is 0 Å². The van der Waals surface area contributed by atoms with Crippen LogP contribution in [-0.4, -0.2) is 29.9 Å². The number of halogens is 1. The average molecular weight is 297 g/mol. The van der Waals surface area contributed by atoms with Crippen LogP contribution in [0.3, 0.4) is 0 Å². The van der Waals surface area contributed by atoms with Gasteiger partial charge in [0.2, 0.25) is 0 Å². The lowest BCUT2D eigenvalue weighted by atomic mass is 10.1. The Balaban J connectivity index is 2.24. The number of nitrogens with two attached hydrogens (primary N) is 1. The Morgan fingerprint density at radius 1 is 1.59 bits per heavy atom. The SMILES string of the molecule is Cc1ccc(C(=O)N2CCCC2CN)c(Br)c1. The number of rotatable bonds is 2. The summed E-state index contributed by atoms with van der Waals surface area (Å²) >= 11 is 3.46. The van der Waals surface area contributed by atoms with Gasteiger partial charge in [-0.1, -0.05) is 6.07 Å². The molecule has 92 valence electrons. The summed E-state index contributed by atoms with van der Waals surface area (Å²) in [6.07, 6.45) is 2.07. The molecule has 0 radical (unpaired) electrons. The van der Waals surface area contributed by atoms with E-state index in [1.807, 2.05) is 30.0 Å². The second-order valence-corrected chi connectivity index (χ2v) is 5.37. The zero-order valence-corrected chi connectivity index (χ0v) is 11.5. The van der Waals surface area contributed by atoms with Gasteiger partial charge in [-0.25, -0.2) is 0 Å². The molecule has 17 heavy (non-hydrogen) atoms. The first-order valence-corrected chi connectivity index (χ1v) is 6.70. The highest BCUT2D eigenvalue weighted by molar-refractivity contribution is 9.10. The molecule has 0 aliphatic carbocycles. The van der Waals surface area contributed by atoms with E-state index in [0.29, 0.717) is 6.54 Å². The third kappa shape index (κ3) is 2.53. The van der Waals surface area contributed by atoms with E-state index >= 15 is 0 Å². The molecule has 3 nitrogen and oxygen atoms in total. The number of likely N-dealkylation sites (tertiary alicyclic amines) is 1. The van der Waals surface area contributed by atoms with Crippen molar-refractivity contribution < 1.29 is 4.79 Å². The zero-order chi connectivity index (χ0) is 12.4. The summed E-state index contributed by atoms with van der Waals surface area (Å²) in [5.41, 5.74) is 7.57. The number of benzene rings is 1. The van der Waals surface area contributed by atoms with Gasteiger partial charge in [-0.15, -0.1) is 0 Å². The van der Waals surface area contributed by atoms with Gasteiger partial charge in [0, 0.05) is 23.6 Å². The van der Waals surface area contributed by atoms with Gasteiger partial charge in [-0.3, -0.25) is 4.79 Å². The zero-order valence-electron chi connectivity index (χ0n) is 9.95. The molecule has 1 aromatic rings. The Hall–Kier alpha value is -0.870. The van der Waals surface area contributed by atoms with E-state index in [2.05, 4.69) is 15.9 Å². The molecule has 1 saturated heterocycles. The Kier molecular flexibility index (Phi) is 3.84.